The van der Waals surface area contributed by atoms with Crippen molar-refractivity contribution in [1.29, 1.82) is 0 Å². The van der Waals surface area contributed by atoms with Crippen molar-refractivity contribution in [1.82, 2.24) is 0 Å². The Balaban J connectivity index is 1.64. The molecule has 0 amide bonds. The van der Waals surface area contributed by atoms with E-state index in [1.165, 1.54) is 0 Å². The second kappa shape index (κ2) is 7.98. The first-order chi connectivity index (χ1) is 12.0. The molecular formula is C20H28O5. The number of aliphatic hydroxyl groups excluding tert-OH is 1. The Labute approximate surface area is 149 Å². The summed E-state index contributed by atoms with van der Waals surface area (Å²) >= 11 is 0. The summed E-state index contributed by atoms with van der Waals surface area (Å²) in [6.45, 7) is 8.53. The monoisotopic (exact) mass is 348 g/mol. The summed E-state index contributed by atoms with van der Waals surface area (Å²) in [6, 6.07) is 9.94. The smallest absolute Gasteiger partial charge is 0.163 e. The summed E-state index contributed by atoms with van der Waals surface area (Å²) in [7, 11) is 0. The van der Waals surface area contributed by atoms with Gasteiger partial charge in [0.1, 0.15) is 12.2 Å². The highest BCUT2D eigenvalue weighted by molar-refractivity contribution is 5.13. The molecule has 0 radical (unpaired) electrons. The van der Waals surface area contributed by atoms with E-state index in [9.17, 15) is 5.11 Å². The normalized spacial score (nSPS) is 34.3. The fraction of sp³-hybridized carbons (Fsp3) is 0.600. The number of ether oxygens (including phenoxy) is 4. The Kier molecular flexibility index (Phi) is 5.92. The average molecular weight is 348 g/mol. The molecule has 2 fully saturated rings. The van der Waals surface area contributed by atoms with Gasteiger partial charge in [0.2, 0.25) is 0 Å². The third kappa shape index (κ3) is 4.68. The van der Waals surface area contributed by atoms with Crippen LogP contribution in [0.5, 0.6) is 0 Å². The number of aliphatic hydroxyl groups is 1. The predicted molar refractivity (Wildman–Crippen MR) is 94.0 cm³/mol. The van der Waals surface area contributed by atoms with E-state index in [-0.39, 0.29) is 18.3 Å². The summed E-state index contributed by atoms with van der Waals surface area (Å²) in [5.41, 5.74) is 1.07. The molecule has 25 heavy (non-hydrogen) atoms. The van der Waals surface area contributed by atoms with Crippen molar-refractivity contribution in [3.05, 3.63) is 48.6 Å². The minimum atomic E-state index is -0.679. The molecule has 0 spiro atoms. The van der Waals surface area contributed by atoms with Gasteiger partial charge >= 0.3 is 0 Å². The molecule has 5 atom stereocenters. The van der Waals surface area contributed by atoms with Crippen LogP contribution in [0.15, 0.2) is 43.0 Å². The van der Waals surface area contributed by atoms with Crippen LogP contribution in [0.4, 0.5) is 0 Å². The van der Waals surface area contributed by atoms with Gasteiger partial charge in [0, 0.05) is 6.42 Å². The van der Waals surface area contributed by atoms with Crippen LogP contribution in [-0.2, 0) is 25.6 Å². The van der Waals surface area contributed by atoms with E-state index >= 15 is 0 Å². The predicted octanol–water partition coefficient (Wildman–Crippen LogP) is 2.82. The molecule has 1 aromatic carbocycles. The van der Waals surface area contributed by atoms with Gasteiger partial charge in [0.05, 0.1) is 31.5 Å². The van der Waals surface area contributed by atoms with Gasteiger partial charge in [-0.15, -0.1) is 6.58 Å². The first-order valence-electron chi connectivity index (χ1n) is 8.90. The van der Waals surface area contributed by atoms with Crippen LogP contribution in [0.3, 0.4) is 0 Å². The van der Waals surface area contributed by atoms with E-state index in [0.29, 0.717) is 26.1 Å². The molecule has 0 saturated carbocycles. The van der Waals surface area contributed by atoms with Crippen molar-refractivity contribution in [3.63, 3.8) is 0 Å². The van der Waals surface area contributed by atoms with Gasteiger partial charge < -0.3 is 24.1 Å². The number of benzene rings is 1. The molecule has 1 aromatic rings. The van der Waals surface area contributed by atoms with Crippen molar-refractivity contribution in [2.45, 2.75) is 69.6 Å². The quantitative estimate of drug-likeness (QED) is 0.768. The molecule has 0 aliphatic carbocycles. The van der Waals surface area contributed by atoms with E-state index in [1.54, 1.807) is 6.08 Å². The number of hydrogen-bond donors (Lipinski definition) is 1. The van der Waals surface area contributed by atoms with Crippen LogP contribution in [0, 0.1) is 0 Å². The molecule has 5 heteroatoms. The highest BCUT2D eigenvalue weighted by Gasteiger charge is 2.46. The Morgan fingerprint density at radius 2 is 2.04 bits per heavy atom. The minimum absolute atomic E-state index is 0.0579. The summed E-state index contributed by atoms with van der Waals surface area (Å²) in [5.74, 6) is -0.567. The van der Waals surface area contributed by atoms with Gasteiger partial charge in [-0.3, -0.25) is 0 Å². The lowest BCUT2D eigenvalue weighted by atomic mass is 10.0. The van der Waals surface area contributed by atoms with Crippen molar-refractivity contribution < 1.29 is 24.1 Å². The molecule has 2 aliphatic heterocycles. The topological polar surface area (TPSA) is 57.2 Å². The Morgan fingerprint density at radius 1 is 1.28 bits per heavy atom. The van der Waals surface area contributed by atoms with Gasteiger partial charge in [-0.2, -0.15) is 0 Å². The van der Waals surface area contributed by atoms with E-state index in [1.807, 2.05) is 44.2 Å². The second-order valence-corrected chi connectivity index (χ2v) is 7.18. The Bertz CT molecular complexity index is 558. The molecule has 3 rings (SSSR count). The van der Waals surface area contributed by atoms with E-state index in [4.69, 9.17) is 18.9 Å². The molecule has 1 unspecified atom stereocenters. The second-order valence-electron chi connectivity index (χ2n) is 7.18. The van der Waals surface area contributed by atoms with Gasteiger partial charge in [-0.05, 0) is 25.8 Å². The minimum Gasteiger partial charge on any atom is -0.388 e. The molecule has 2 aliphatic rings. The lowest BCUT2D eigenvalue weighted by molar-refractivity contribution is -0.145. The SMILES string of the molecule is C=CC[C@@H]1OC(C[C@@H]2COC(C)(C)O2)[C@H](OCc2ccccc2)[C@H]1O. The third-order valence-electron chi connectivity index (χ3n) is 4.68. The standard InChI is InChI=1S/C20H28O5/c1-4-8-16-18(21)19(22-12-14-9-6-5-7-10-14)17(24-16)11-15-13-23-20(2,3)25-15/h4-7,9-10,15-19,21H,1,8,11-13H2,2-3H3/t15-,16+,17?,18+,19+/m1/s1. The van der Waals surface area contributed by atoms with Crippen LogP contribution in [0.1, 0.15) is 32.3 Å². The zero-order valence-electron chi connectivity index (χ0n) is 15.0. The first kappa shape index (κ1) is 18.5. The molecular weight excluding hydrogens is 320 g/mol. The van der Waals surface area contributed by atoms with E-state index < -0.39 is 18.0 Å². The molecule has 0 bridgehead atoms. The number of rotatable bonds is 7. The largest absolute Gasteiger partial charge is 0.388 e. The van der Waals surface area contributed by atoms with Crippen LogP contribution in [0.2, 0.25) is 0 Å². The fourth-order valence-corrected chi connectivity index (χ4v) is 3.47. The molecule has 0 aromatic heterocycles. The highest BCUT2D eigenvalue weighted by atomic mass is 16.7. The molecule has 1 N–H and O–H groups in total. The zero-order chi connectivity index (χ0) is 17.9. The van der Waals surface area contributed by atoms with Crippen molar-refractivity contribution >= 4 is 0 Å². The zero-order valence-corrected chi connectivity index (χ0v) is 15.0. The average Bonchev–Trinajstić information content (AvgIpc) is 3.07. The first-order valence-corrected chi connectivity index (χ1v) is 8.90. The lowest BCUT2D eigenvalue weighted by Gasteiger charge is -2.23. The van der Waals surface area contributed by atoms with Crippen LogP contribution in [0.25, 0.3) is 0 Å². The Hall–Kier alpha value is -1.24. The lowest BCUT2D eigenvalue weighted by Crippen LogP contribution is -2.37. The van der Waals surface area contributed by atoms with Crippen molar-refractivity contribution in [3.8, 4) is 0 Å². The van der Waals surface area contributed by atoms with Crippen LogP contribution >= 0.6 is 0 Å². The fourth-order valence-electron chi connectivity index (χ4n) is 3.47. The Morgan fingerprint density at radius 3 is 2.68 bits per heavy atom. The maximum Gasteiger partial charge on any atom is 0.163 e. The summed E-state index contributed by atoms with van der Waals surface area (Å²) in [5, 5.41) is 10.6. The summed E-state index contributed by atoms with van der Waals surface area (Å²) in [6.07, 6.45) is 1.34. The third-order valence-corrected chi connectivity index (χ3v) is 4.68. The molecule has 5 nitrogen and oxygen atoms in total. The van der Waals surface area contributed by atoms with Gasteiger partial charge in [-0.1, -0.05) is 36.4 Å². The van der Waals surface area contributed by atoms with Gasteiger partial charge in [-0.25, -0.2) is 0 Å². The van der Waals surface area contributed by atoms with Gasteiger partial charge in [0.25, 0.3) is 0 Å². The molecule has 2 heterocycles. The maximum atomic E-state index is 10.6. The summed E-state index contributed by atoms with van der Waals surface area (Å²) in [4.78, 5) is 0. The van der Waals surface area contributed by atoms with Crippen molar-refractivity contribution in [2.24, 2.45) is 0 Å². The summed E-state index contributed by atoms with van der Waals surface area (Å²) < 4.78 is 23.6. The van der Waals surface area contributed by atoms with E-state index in [2.05, 4.69) is 6.58 Å². The molecule has 2 saturated heterocycles. The van der Waals surface area contributed by atoms with Crippen LogP contribution in [-0.4, -0.2) is 48.0 Å². The van der Waals surface area contributed by atoms with Crippen molar-refractivity contribution in [2.75, 3.05) is 6.61 Å². The van der Waals surface area contributed by atoms with Gasteiger partial charge in [0.15, 0.2) is 5.79 Å². The highest BCUT2D eigenvalue weighted by Crippen LogP contribution is 2.33. The number of hydrogen-bond acceptors (Lipinski definition) is 5. The molecule has 138 valence electrons. The maximum absolute atomic E-state index is 10.6. The van der Waals surface area contributed by atoms with E-state index in [0.717, 1.165) is 5.56 Å². The van der Waals surface area contributed by atoms with Crippen LogP contribution < -0.4 is 0 Å².